The third-order valence-corrected chi connectivity index (χ3v) is 6.38. The van der Waals surface area contributed by atoms with E-state index in [1.54, 1.807) is 11.7 Å². The van der Waals surface area contributed by atoms with E-state index in [1.165, 1.54) is 16.5 Å². The van der Waals surface area contributed by atoms with Crippen LogP contribution in [0.3, 0.4) is 0 Å². The minimum atomic E-state index is -0.587. The van der Waals surface area contributed by atoms with Crippen molar-refractivity contribution in [1.82, 2.24) is 18.7 Å². The molecule has 0 saturated heterocycles. The predicted octanol–water partition coefficient (Wildman–Crippen LogP) is 3.21. The van der Waals surface area contributed by atoms with Crippen molar-refractivity contribution in [2.75, 3.05) is 19.0 Å². The molecule has 2 aromatic carbocycles. The summed E-state index contributed by atoms with van der Waals surface area (Å²) in [7, 11) is 1.57. The summed E-state index contributed by atoms with van der Waals surface area (Å²) in [5, 5.41) is 2.80. The number of anilines is 1. The number of aromatic nitrogens is 4. The molecule has 1 atom stereocenters. The SMILES string of the molecule is CCC(C)c1ccc(NC(=O)Cn2c(=O)c3c(ncn3CCOC)n(Cc3ccccc3)c2=O)cc1. The third kappa shape index (κ3) is 5.31. The number of nitrogens with zero attached hydrogens (tertiary/aromatic N) is 4. The lowest BCUT2D eigenvalue weighted by Gasteiger charge is -2.13. The number of nitrogens with one attached hydrogen (secondary N) is 1. The summed E-state index contributed by atoms with van der Waals surface area (Å²) in [4.78, 5) is 44.1. The number of benzene rings is 2. The normalized spacial score (nSPS) is 12.1. The smallest absolute Gasteiger partial charge is 0.333 e. The van der Waals surface area contributed by atoms with Gasteiger partial charge < -0.3 is 14.6 Å². The Hall–Kier alpha value is -3.98. The maximum absolute atomic E-state index is 13.4. The van der Waals surface area contributed by atoms with Gasteiger partial charge in [0, 0.05) is 19.3 Å². The highest BCUT2D eigenvalue weighted by molar-refractivity contribution is 5.90. The Bertz CT molecular complexity index is 1450. The first-order chi connectivity index (χ1) is 17.4. The number of methoxy groups -OCH3 is 1. The average molecular weight is 490 g/mol. The van der Waals surface area contributed by atoms with Gasteiger partial charge in [0.2, 0.25) is 5.91 Å². The molecule has 9 heteroatoms. The number of ether oxygens (including phenoxy) is 1. The number of rotatable bonds is 10. The van der Waals surface area contributed by atoms with Gasteiger partial charge in [0.25, 0.3) is 5.56 Å². The number of hydrogen-bond donors (Lipinski definition) is 1. The standard InChI is InChI=1S/C27H31N5O4/c1-4-19(2)21-10-12-22(13-11-21)29-23(33)17-32-26(34)24-25(28-18-30(24)14-15-36-3)31(27(32)35)16-20-8-6-5-7-9-20/h5-13,18-19H,4,14-17H2,1-3H3,(H,29,33). The number of carbonyl (C=O) groups is 1. The minimum Gasteiger partial charge on any atom is -0.383 e. The van der Waals surface area contributed by atoms with Gasteiger partial charge in [0.1, 0.15) is 6.54 Å². The van der Waals surface area contributed by atoms with Crippen molar-refractivity contribution in [3.8, 4) is 0 Å². The molecule has 9 nitrogen and oxygen atoms in total. The Morgan fingerprint density at radius 1 is 1.06 bits per heavy atom. The molecule has 0 bridgehead atoms. The summed E-state index contributed by atoms with van der Waals surface area (Å²) in [6, 6.07) is 17.1. The van der Waals surface area contributed by atoms with Crippen LogP contribution in [-0.2, 0) is 29.2 Å². The molecule has 0 spiro atoms. The Labute approximate surface area is 209 Å². The third-order valence-electron chi connectivity index (χ3n) is 6.38. The van der Waals surface area contributed by atoms with Crippen LogP contribution in [0, 0.1) is 0 Å². The van der Waals surface area contributed by atoms with Gasteiger partial charge in [-0.3, -0.25) is 14.2 Å². The molecule has 36 heavy (non-hydrogen) atoms. The van der Waals surface area contributed by atoms with Crippen molar-refractivity contribution in [3.63, 3.8) is 0 Å². The fraction of sp³-hybridized carbons (Fsp3) is 0.333. The highest BCUT2D eigenvalue weighted by Crippen LogP contribution is 2.20. The average Bonchev–Trinajstić information content (AvgIpc) is 3.32. The first-order valence-corrected chi connectivity index (χ1v) is 12.0. The molecule has 4 aromatic rings. The van der Waals surface area contributed by atoms with E-state index in [4.69, 9.17) is 4.74 Å². The summed E-state index contributed by atoms with van der Waals surface area (Å²) < 4.78 is 9.22. The van der Waals surface area contributed by atoms with E-state index in [1.807, 2.05) is 54.6 Å². The van der Waals surface area contributed by atoms with Gasteiger partial charge >= 0.3 is 5.69 Å². The van der Waals surface area contributed by atoms with Gasteiger partial charge in [0.05, 0.1) is 19.5 Å². The van der Waals surface area contributed by atoms with E-state index in [-0.39, 0.29) is 17.7 Å². The van der Waals surface area contributed by atoms with Crippen molar-refractivity contribution in [1.29, 1.82) is 0 Å². The van der Waals surface area contributed by atoms with Crippen molar-refractivity contribution in [2.24, 2.45) is 0 Å². The first-order valence-electron chi connectivity index (χ1n) is 12.0. The van der Waals surface area contributed by atoms with Crippen molar-refractivity contribution in [3.05, 3.63) is 92.9 Å². The molecule has 0 aliphatic carbocycles. The lowest BCUT2D eigenvalue weighted by atomic mass is 9.99. The van der Waals surface area contributed by atoms with E-state index in [9.17, 15) is 14.4 Å². The van der Waals surface area contributed by atoms with Gasteiger partial charge in [-0.05, 0) is 35.6 Å². The molecule has 2 aromatic heterocycles. The summed E-state index contributed by atoms with van der Waals surface area (Å²) in [5.74, 6) is -0.0369. The molecule has 1 unspecified atom stereocenters. The largest absolute Gasteiger partial charge is 0.383 e. The quantitative estimate of drug-likeness (QED) is 0.369. The molecule has 1 N–H and O–H groups in total. The molecular formula is C27H31N5O4. The molecule has 1 amide bonds. The maximum Gasteiger partial charge on any atom is 0.333 e. The van der Waals surface area contributed by atoms with Gasteiger partial charge in [-0.25, -0.2) is 14.3 Å². The van der Waals surface area contributed by atoms with E-state index in [0.29, 0.717) is 24.8 Å². The number of imidazole rings is 1. The molecule has 4 rings (SSSR count). The van der Waals surface area contributed by atoms with Gasteiger partial charge in [-0.2, -0.15) is 0 Å². The minimum absolute atomic E-state index is 0.219. The van der Waals surface area contributed by atoms with Crippen molar-refractivity contribution >= 4 is 22.8 Å². The van der Waals surface area contributed by atoms with Crippen LogP contribution in [0.1, 0.15) is 37.3 Å². The Kier molecular flexibility index (Phi) is 7.80. The van der Waals surface area contributed by atoms with Crippen molar-refractivity contribution in [2.45, 2.75) is 45.8 Å². The van der Waals surface area contributed by atoms with Crippen LogP contribution in [0.2, 0.25) is 0 Å². The van der Waals surface area contributed by atoms with E-state index in [2.05, 4.69) is 24.1 Å². The van der Waals surface area contributed by atoms with Crippen LogP contribution >= 0.6 is 0 Å². The topological polar surface area (TPSA) is 100 Å². The predicted molar refractivity (Wildman–Crippen MR) is 139 cm³/mol. The molecule has 0 saturated carbocycles. The van der Waals surface area contributed by atoms with Crippen LogP contribution in [0.25, 0.3) is 11.2 Å². The zero-order chi connectivity index (χ0) is 25.7. The Morgan fingerprint density at radius 3 is 2.44 bits per heavy atom. The van der Waals surface area contributed by atoms with Gasteiger partial charge in [-0.15, -0.1) is 0 Å². The molecule has 2 heterocycles. The summed E-state index contributed by atoms with van der Waals surface area (Å²) in [6.07, 6.45) is 2.54. The molecular weight excluding hydrogens is 458 g/mol. The Balaban J connectivity index is 1.69. The number of carbonyl (C=O) groups excluding carboxylic acids is 1. The number of amides is 1. The van der Waals surface area contributed by atoms with E-state index < -0.39 is 23.7 Å². The molecule has 0 fully saturated rings. The van der Waals surface area contributed by atoms with Crippen LogP contribution < -0.4 is 16.6 Å². The second kappa shape index (κ2) is 11.2. The highest BCUT2D eigenvalue weighted by atomic mass is 16.5. The molecule has 0 radical (unpaired) electrons. The van der Waals surface area contributed by atoms with Gasteiger partial charge in [0.15, 0.2) is 11.2 Å². The second-order valence-electron chi connectivity index (χ2n) is 8.83. The molecule has 188 valence electrons. The lowest BCUT2D eigenvalue weighted by Crippen LogP contribution is -2.43. The lowest BCUT2D eigenvalue weighted by molar-refractivity contribution is -0.116. The van der Waals surface area contributed by atoms with E-state index in [0.717, 1.165) is 16.6 Å². The zero-order valence-electron chi connectivity index (χ0n) is 20.8. The summed E-state index contributed by atoms with van der Waals surface area (Å²) >= 11 is 0. The van der Waals surface area contributed by atoms with Gasteiger partial charge in [-0.1, -0.05) is 56.3 Å². The molecule has 0 aliphatic heterocycles. The first kappa shape index (κ1) is 25.1. The monoisotopic (exact) mass is 489 g/mol. The van der Waals surface area contributed by atoms with Crippen LogP contribution in [0.4, 0.5) is 5.69 Å². The van der Waals surface area contributed by atoms with Crippen LogP contribution in [0.15, 0.2) is 70.5 Å². The summed E-state index contributed by atoms with van der Waals surface area (Å²) in [5.41, 5.74) is 2.06. The Morgan fingerprint density at radius 2 is 1.78 bits per heavy atom. The number of fused-ring (bicyclic) bond motifs is 1. The van der Waals surface area contributed by atoms with E-state index >= 15 is 0 Å². The number of hydrogen-bond acceptors (Lipinski definition) is 5. The molecule has 0 aliphatic rings. The fourth-order valence-corrected chi connectivity index (χ4v) is 4.12. The second-order valence-corrected chi connectivity index (χ2v) is 8.83. The van der Waals surface area contributed by atoms with Crippen LogP contribution in [0.5, 0.6) is 0 Å². The zero-order valence-corrected chi connectivity index (χ0v) is 20.8. The van der Waals surface area contributed by atoms with Crippen LogP contribution in [-0.4, -0.2) is 38.3 Å². The maximum atomic E-state index is 13.4. The van der Waals surface area contributed by atoms with Crippen molar-refractivity contribution < 1.29 is 9.53 Å². The fourth-order valence-electron chi connectivity index (χ4n) is 4.12. The summed E-state index contributed by atoms with van der Waals surface area (Å²) in [6.45, 7) is 4.84. The highest BCUT2D eigenvalue weighted by Gasteiger charge is 2.20.